The number of nitrogens with zero attached hydrogens (tertiary/aromatic N) is 4. The number of rotatable bonds is 6. The van der Waals surface area contributed by atoms with Crippen LogP contribution in [0.25, 0.3) is 0 Å². The quantitative estimate of drug-likeness (QED) is 0.805. The molecule has 1 fully saturated rings. The van der Waals surface area contributed by atoms with Crippen LogP contribution in [0.1, 0.15) is 52.4 Å². The van der Waals surface area contributed by atoms with E-state index < -0.39 is 0 Å². The summed E-state index contributed by atoms with van der Waals surface area (Å²) in [4.78, 5) is 15.0. The van der Waals surface area contributed by atoms with Gasteiger partial charge in [0.2, 0.25) is 11.2 Å². The summed E-state index contributed by atoms with van der Waals surface area (Å²) in [5.74, 6) is 0.661. The van der Waals surface area contributed by atoms with Gasteiger partial charge in [0.15, 0.2) is 0 Å². The normalized spacial score (nSPS) is 19.1. The highest BCUT2D eigenvalue weighted by atomic mass is 35.5. The van der Waals surface area contributed by atoms with Crippen molar-refractivity contribution in [2.24, 2.45) is 0 Å². The fourth-order valence-electron chi connectivity index (χ4n) is 2.61. The Labute approximate surface area is 125 Å². The van der Waals surface area contributed by atoms with Crippen molar-refractivity contribution in [2.45, 2.75) is 58.4 Å². The molecule has 1 aromatic heterocycles. The molecule has 0 saturated carbocycles. The van der Waals surface area contributed by atoms with Crippen molar-refractivity contribution in [1.82, 2.24) is 15.0 Å². The highest BCUT2D eigenvalue weighted by Crippen LogP contribution is 2.26. The first-order valence-corrected chi connectivity index (χ1v) is 7.93. The largest absolute Gasteiger partial charge is 0.463 e. The molecule has 0 aromatic carbocycles. The SMILES string of the molecule is CCCOc1nc(Cl)nc(N2CCCCC2CCC)n1. The second kappa shape index (κ2) is 7.62. The summed E-state index contributed by atoms with van der Waals surface area (Å²) in [5.41, 5.74) is 0. The van der Waals surface area contributed by atoms with Gasteiger partial charge in [0.1, 0.15) is 0 Å². The van der Waals surface area contributed by atoms with Crippen molar-refractivity contribution in [3.8, 4) is 6.01 Å². The Kier molecular flexibility index (Phi) is 5.83. The second-order valence-electron chi connectivity index (χ2n) is 5.17. The Morgan fingerprint density at radius 1 is 1.20 bits per heavy atom. The van der Waals surface area contributed by atoms with E-state index in [9.17, 15) is 0 Å². The number of aromatic nitrogens is 3. The molecule has 0 bridgehead atoms. The smallest absolute Gasteiger partial charge is 0.322 e. The number of hydrogen-bond acceptors (Lipinski definition) is 5. The van der Waals surface area contributed by atoms with Gasteiger partial charge in [0.05, 0.1) is 6.61 Å². The number of ether oxygens (including phenoxy) is 1. The Hall–Kier alpha value is -1.10. The van der Waals surface area contributed by atoms with Crippen molar-refractivity contribution in [3.63, 3.8) is 0 Å². The van der Waals surface area contributed by atoms with Gasteiger partial charge < -0.3 is 9.64 Å². The molecule has 5 nitrogen and oxygen atoms in total. The lowest BCUT2D eigenvalue weighted by molar-refractivity contribution is 0.290. The summed E-state index contributed by atoms with van der Waals surface area (Å²) in [7, 11) is 0. The van der Waals surface area contributed by atoms with E-state index >= 15 is 0 Å². The van der Waals surface area contributed by atoms with Crippen molar-refractivity contribution in [1.29, 1.82) is 0 Å². The molecule has 20 heavy (non-hydrogen) atoms. The second-order valence-corrected chi connectivity index (χ2v) is 5.51. The molecule has 1 aromatic rings. The van der Waals surface area contributed by atoms with Crippen LogP contribution in [0.2, 0.25) is 5.28 Å². The lowest BCUT2D eigenvalue weighted by atomic mass is 9.99. The molecule has 1 atom stereocenters. The summed E-state index contributed by atoms with van der Waals surface area (Å²) < 4.78 is 5.49. The summed E-state index contributed by atoms with van der Waals surface area (Å²) in [6.45, 7) is 5.84. The molecule has 0 spiro atoms. The van der Waals surface area contributed by atoms with Crippen molar-refractivity contribution in [3.05, 3.63) is 5.28 Å². The van der Waals surface area contributed by atoms with Gasteiger partial charge in [0.25, 0.3) is 0 Å². The van der Waals surface area contributed by atoms with E-state index in [1.807, 2.05) is 6.92 Å². The minimum atomic E-state index is 0.210. The van der Waals surface area contributed by atoms with Gasteiger partial charge >= 0.3 is 6.01 Å². The monoisotopic (exact) mass is 298 g/mol. The standard InChI is InChI=1S/C14H23ClN4O/c1-3-7-11-8-5-6-9-19(11)13-16-12(15)17-14(18-13)20-10-4-2/h11H,3-10H2,1-2H3. The maximum atomic E-state index is 6.00. The third-order valence-corrected chi connectivity index (χ3v) is 3.69. The lowest BCUT2D eigenvalue weighted by Gasteiger charge is -2.35. The van der Waals surface area contributed by atoms with Crippen molar-refractivity contribution < 1.29 is 4.74 Å². The van der Waals surface area contributed by atoms with Gasteiger partial charge in [0, 0.05) is 12.6 Å². The van der Waals surface area contributed by atoms with Crippen LogP contribution in [0.4, 0.5) is 5.95 Å². The predicted molar refractivity (Wildman–Crippen MR) is 80.5 cm³/mol. The van der Waals surface area contributed by atoms with E-state index in [0.29, 0.717) is 24.6 Å². The highest BCUT2D eigenvalue weighted by Gasteiger charge is 2.25. The first-order valence-electron chi connectivity index (χ1n) is 7.55. The molecule has 1 saturated heterocycles. The van der Waals surface area contributed by atoms with Crippen LogP contribution in [0.3, 0.4) is 0 Å². The zero-order valence-electron chi connectivity index (χ0n) is 12.3. The van der Waals surface area contributed by atoms with E-state index in [2.05, 4.69) is 26.8 Å². The topological polar surface area (TPSA) is 51.1 Å². The van der Waals surface area contributed by atoms with Crippen LogP contribution in [0.15, 0.2) is 0 Å². The molecule has 1 aliphatic heterocycles. The molecule has 0 N–H and O–H groups in total. The molecular weight excluding hydrogens is 276 g/mol. The summed E-state index contributed by atoms with van der Waals surface area (Å²) in [6.07, 6.45) is 6.89. The highest BCUT2D eigenvalue weighted by molar-refractivity contribution is 6.28. The van der Waals surface area contributed by atoms with E-state index in [0.717, 1.165) is 19.4 Å². The molecule has 0 aliphatic carbocycles. The maximum absolute atomic E-state index is 6.00. The van der Waals surface area contributed by atoms with Crippen LogP contribution >= 0.6 is 11.6 Å². The number of halogens is 1. The van der Waals surface area contributed by atoms with Gasteiger partial charge in [-0.2, -0.15) is 15.0 Å². The van der Waals surface area contributed by atoms with Gasteiger partial charge in [-0.05, 0) is 43.7 Å². The van der Waals surface area contributed by atoms with Crippen LogP contribution in [0, 0.1) is 0 Å². The minimum Gasteiger partial charge on any atom is -0.463 e. The number of hydrogen-bond donors (Lipinski definition) is 0. The van der Waals surface area contributed by atoms with Crippen molar-refractivity contribution >= 4 is 17.5 Å². The molecule has 2 heterocycles. The van der Waals surface area contributed by atoms with E-state index in [1.54, 1.807) is 0 Å². The summed E-state index contributed by atoms with van der Waals surface area (Å²) in [6, 6.07) is 0.842. The molecule has 112 valence electrons. The third-order valence-electron chi connectivity index (χ3n) is 3.52. The summed E-state index contributed by atoms with van der Waals surface area (Å²) >= 11 is 6.00. The molecule has 6 heteroatoms. The zero-order chi connectivity index (χ0) is 14.4. The van der Waals surface area contributed by atoms with Crippen LogP contribution in [0.5, 0.6) is 6.01 Å². The molecular formula is C14H23ClN4O. The molecule has 0 radical (unpaired) electrons. The van der Waals surface area contributed by atoms with Gasteiger partial charge in [-0.1, -0.05) is 20.3 Å². The van der Waals surface area contributed by atoms with E-state index in [4.69, 9.17) is 16.3 Å². The van der Waals surface area contributed by atoms with Gasteiger partial charge in [-0.25, -0.2) is 0 Å². The first-order chi connectivity index (χ1) is 9.74. The number of anilines is 1. The Morgan fingerprint density at radius 2 is 2.05 bits per heavy atom. The Bertz CT molecular complexity index is 428. The van der Waals surface area contributed by atoms with E-state index in [-0.39, 0.29) is 5.28 Å². The molecule has 1 aliphatic rings. The van der Waals surface area contributed by atoms with Crippen LogP contribution < -0.4 is 9.64 Å². The average Bonchev–Trinajstić information content (AvgIpc) is 2.45. The number of piperidine rings is 1. The Balaban J connectivity index is 2.18. The molecule has 0 amide bonds. The zero-order valence-corrected chi connectivity index (χ0v) is 13.1. The minimum absolute atomic E-state index is 0.210. The van der Waals surface area contributed by atoms with Crippen LogP contribution in [-0.2, 0) is 0 Å². The molecule has 2 rings (SSSR count). The van der Waals surface area contributed by atoms with Crippen LogP contribution in [-0.4, -0.2) is 34.1 Å². The fraction of sp³-hybridized carbons (Fsp3) is 0.786. The summed E-state index contributed by atoms with van der Waals surface area (Å²) in [5, 5.41) is 0.210. The van der Waals surface area contributed by atoms with Gasteiger partial charge in [-0.3, -0.25) is 0 Å². The lowest BCUT2D eigenvalue weighted by Crippen LogP contribution is -2.40. The third kappa shape index (κ3) is 3.95. The first kappa shape index (κ1) is 15.3. The van der Waals surface area contributed by atoms with E-state index in [1.165, 1.54) is 25.7 Å². The fourth-order valence-corrected chi connectivity index (χ4v) is 2.75. The maximum Gasteiger partial charge on any atom is 0.322 e. The van der Waals surface area contributed by atoms with Crippen molar-refractivity contribution in [2.75, 3.05) is 18.1 Å². The van der Waals surface area contributed by atoms with Gasteiger partial charge in [-0.15, -0.1) is 0 Å². The average molecular weight is 299 g/mol. The molecule has 1 unspecified atom stereocenters. The predicted octanol–water partition coefficient (Wildman–Crippen LogP) is 3.47. The Morgan fingerprint density at radius 3 is 2.80 bits per heavy atom.